The average Bonchev–Trinajstić information content (AvgIpc) is 3.08. The highest BCUT2D eigenvalue weighted by molar-refractivity contribution is 5.95. The number of carbonyl (C=O) groups is 2. The van der Waals surface area contributed by atoms with Crippen LogP contribution in [0.5, 0.6) is 0 Å². The first-order chi connectivity index (χ1) is 10.6. The van der Waals surface area contributed by atoms with Crippen LogP contribution >= 0.6 is 0 Å². The predicted molar refractivity (Wildman–Crippen MR) is 80.2 cm³/mol. The largest absolute Gasteiger partial charge is 0.449 e. The molecular weight excluding hydrogens is 282 g/mol. The monoisotopic (exact) mass is 299 g/mol. The molecule has 0 unspecified atom stereocenters. The normalized spacial score (nSPS) is 15.8. The van der Waals surface area contributed by atoms with E-state index in [1.807, 2.05) is 0 Å². The highest BCUT2D eigenvalue weighted by atomic mass is 16.5. The molecule has 1 saturated heterocycles. The van der Waals surface area contributed by atoms with Crippen molar-refractivity contribution in [2.45, 2.75) is 25.9 Å². The van der Waals surface area contributed by atoms with Crippen LogP contribution in [0.1, 0.15) is 30.1 Å². The molecule has 1 aliphatic heterocycles. The van der Waals surface area contributed by atoms with Gasteiger partial charge in [0.05, 0.1) is 16.6 Å². The SMILES string of the molecule is C[C@@H](OC(=O)c1ccc2nccnc2c1)C(=O)N1CCCC1. The summed E-state index contributed by atoms with van der Waals surface area (Å²) in [6.07, 6.45) is 4.41. The summed E-state index contributed by atoms with van der Waals surface area (Å²) in [7, 11) is 0. The van der Waals surface area contributed by atoms with Crippen LogP contribution in [-0.4, -0.2) is 45.9 Å². The Morgan fingerprint density at radius 3 is 2.55 bits per heavy atom. The Balaban J connectivity index is 1.70. The lowest BCUT2D eigenvalue weighted by molar-refractivity contribution is -0.138. The maximum absolute atomic E-state index is 12.2. The first kappa shape index (κ1) is 14.4. The number of carbonyl (C=O) groups excluding carboxylic acids is 2. The highest BCUT2D eigenvalue weighted by Crippen LogP contribution is 2.14. The van der Waals surface area contributed by atoms with Crippen LogP contribution in [0, 0.1) is 0 Å². The van der Waals surface area contributed by atoms with Crippen molar-refractivity contribution < 1.29 is 14.3 Å². The van der Waals surface area contributed by atoms with E-state index in [0.717, 1.165) is 25.9 Å². The van der Waals surface area contributed by atoms with E-state index in [9.17, 15) is 9.59 Å². The van der Waals surface area contributed by atoms with Gasteiger partial charge in [-0.25, -0.2) is 4.79 Å². The first-order valence-corrected chi connectivity index (χ1v) is 7.36. The topological polar surface area (TPSA) is 72.4 Å². The molecule has 6 nitrogen and oxygen atoms in total. The lowest BCUT2D eigenvalue weighted by Gasteiger charge is -2.20. The van der Waals surface area contributed by atoms with E-state index in [0.29, 0.717) is 16.6 Å². The number of ether oxygens (including phenoxy) is 1. The quantitative estimate of drug-likeness (QED) is 0.808. The van der Waals surface area contributed by atoms with Crippen molar-refractivity contribution in [3.05, 3.63) is 36.2 Å². The van der Waals surface area contributed by atoms with Crippen LogP contribution in [0.3, 0.4) is 0 Å². The molecule has 114 valence electrons. The molecule has 22 heavy (non-hydrogen) atoms. The van der Waals surface area contributed by atoms with Crippen molar-refractivity contribution in [2.75, 3.05) is 13.1 Å². The van der Waals surface area contributed by atoms with Gasteiger partial charge in [0.15, 0.2) is 6.10 Å². The molecule has 1 aromatic heterocycles. The second-order valence-electron chi connectivity index (χ2n) is 5.34. The number of rotatable bonds is 3. The van der Waals surface area contributed by atoms with Crippen LogP contribution < -0.4 is 0 Å². The zero-order chi connectivity index (χ0) is 15.5. The van der Waals surface area contributed by atoms with Gasteiger partial charge in [-0.3, -0.25) is 14.8 Å². The Kier molecular flexibility index (Phi) is 4.00. The summed E-state index contributed by atoms with van der Waals surface area (Å²) in [5, 5.41) is 0. The predicted octanol–water partition coefficient (Wildman–Crippen LogP) is 1.80. The van der Waals surface area contributed by atoms with Gasteiger partial charge in [0.1, 0.15) is 0 Å². The van der Waals surface area contributed by atoms with Crippen molar-refractivity contribution in [3.63, 3.8) is 0 Å². The fraction of sp³-hybridized carbons (Fsp3) is 0.375. The molecule has 1 atom stereocenters. The Morgan fingerprint density at radius 1 is 1.14 bits per heavy atom. The molecule has 0 saturated carbocycles. The second-order valence-corrected chi connectivity index (χ2v) is 5.34. The Hall–Kier alpha value is -2.50. The van der Waals surface area contributed by atoms with Crippen molar-refractivity contribution >= 4 is 22.9 Å². The van der Waals surface area contributed by atoms with Crippen LogP contribution in [0.25, 0.3) is 11.0 Å². The maximum Gasteiger partial charge on any atom is 0.338 e. The number of fused-ring (bicyclic) bond motifs is 1. The summed E-state index contributed by atoms with van der Waals surface area (Å²) >= 11 is 0. The second kappa shape index (κ2) is 6.09. The van der Waals surface area contributed by atoms with Gasteiger partial charge in [-0.2, -0.15) is 0 Å². The minimum atomic E-state index is -0.775. The molecule has 0 spiro atoms. The molecule has 0 bridgehead atoms. The number of hydrogen-bond acceptors (Lipinski definition) is 5. The molecule has 2 aromatic rings. The molecule has 1 aromatic carbocycles. The average molecular weight is 299 g/mol. The van der Waals surface area contributed by atoms with Crippen LogP contribution in [0.4, 0.5) is 0 Å². The molecule has 0 aliphatic carbocycles. The van der Waals surface area contributed by atoms with E-state index in [2.05, 4.69) is 9.97 Å². The molecule has 1 aliphatic rings. The molecule has 6 heteroatoms. The fourth-order valence-corrected chi connectivity index (χ4v) is 2.56. The summed E-state index contributed by atoms with van der Waals surface area (Å²) in [6, 6.07) is 4.97. The molecule has 3 rings (SSSR count). The summed E-state index contributed by atoms with van der Waals surface area (Å²) in [6.45, 7) is 3.10. The molecule has 0 N–H and O–H groups in total. The Bertz CT molecular complexity index is 711. The molecule has 0 radical (unpaired) electrons. The van der Waals surface area contributed by atoms with Gasteiger partial charge in [-0.15, -0.1) is 0 Å². The lowest BCUT2D eigenvalue weighted by atomic mass is 10.2. The van der Waals surface area contributed by atoms with Gasteiger partial charge in [0.2, 0.25) is 0 Å². The van der Waals surface area contributed by atoms with E-state index in [1.54, 1.807) is 42.4 Å². The Morgan fingerprint density at radius 2 is 1.82 bits per heavy atom. The summed E-state index contributed by atoms with van der Waals surface area (Å²) in [5.41, 5.74) is 1.70. The van der Waals surface area contributed by atoms with E-state index in [1.165, 1.54) is 0 Å². The molecular formula is C16H17N3O3. The van der Waals surface area contributed by atoms with Gasteiger partial charge >= 0.3 is 5.97 Å². The van der Waals surface area contributed by atoms with Crippen LogP contribution in [-0.2, 0) is 9.53 Å². The number of hydrogen-bond donors (Lipinski definition) is 0. The highest BCUT2D eigenvalue weighted by Gasteiger charge is 2.26. The zero-order valence-corrected chi connectivity index (χ0v) is 12.4. The molecule has 1 amide bonds. The standard InChI is InChI=1S/C16H17N3O3/c1-11(15(20)19-8-2-3-9-19)22-16(21)12-4-5-13-14(10-12)18-7-6-17-13/h4-7,10-11H,2-3,8-9H2,1H3/t11-/m1/s1. The lowest BCUT2D eigenvalue weighted by Crippen LogP contribution is -2.38. The van der Waals surface area contributed by atoms with Gasteiger partial charge in [0.25, 0.3) is 5.91 Å². The van der Waals surface area contributed by atoms with Crippen LogP contribution in [0.2, 0.25) is 0 Å². The van der Waals surface area contributed by atoms with Crippen molar-refractivity contribution in [3.8, 4) is 0 Å². The minimum absolute atomic E-state index is 0.133. The number of nitrogens with zero attached hydrogens (tertiary/aromatic N) is 3. The summed E-state index contributed by atoms with van der Waals surface area (Å²) in [4.78, 5) is 34.4. The van der Waals surface area contributed by atoms with E-state index in [-0.39, 0.29) is 5.91 Å². The smallest absolute Gasteiger partial charge is 0.338 e. The minimum Gasteiger partial charge on any atom is -0.449 e. The third-order valence-corrected chi connectivity index (χ3v) is 3.75. The number of amides is 1. The summed E-state index contributed by atoms with van der Waals surface area (Å²) < 4.78 is 5.28. The van der Waals surface area contributed by atoms with Gasteiger partial charge in [-0.05, 0) is 38.0 Å². The van der Waals surface area contributed by atoms with Crippen molar-refractivity contribution in [2.24, 2.45) is 0 Å². The maximum atomic E-state index is 12.2. The van der Waals surface area contributed by atoms with Gasteiger partial charge in [0, 0.05) is 25.5 Å². The zero-order valence-electron chi connectivity index (χ0n) is 12.4. The van der Waals surface area contributed by atoms with Gasteiger partial charge < -0.3 is 9.64 Å². The molecule has 2 heterocycles. The summed E-state index contributed by atoms with van der Waals surface area (Å²) in [5.74, 6) is -0.654. The number of esters is 1. The third-order valence-electron chi connectivity index (χ3n) is 3.75. The first-order valence-electron chi connectivity index (χ1n) is 7.36. The van der Waals surface area contributed by atoms with Crippen molar-refractivity contribution in [1.29, 1.82) is 0 Å². The third kappa shape index (κ3) is 2.90. The number of benzene rings is 1. The van der Waals surface area contributed by atoms with Crippen molar-refractivity contribution in [1.82, 2.24) is 14.9 Å². The number of likely N-dealkylation sites (tertiary alicyclic amines) is 1. The van der Waals surface area contributed by atoms with E-state index in [4.69, 9.17) is 4.74 Å². The fourth-order valence-electron chi connectivity index (χ4n) is 2.56. The van der Waals surface area contributed by atoms with E-state index < -0.39 is 12.1 Å². The molecule has 1 fully saturated rings. The Labute approximate surface area is 128 Å². The van der Waals surface area contributed by atoms with Crippen LogP contribution in [0.15, 0.2) is 30.6 Å². The number of aromatic nitrogens is 2. The van der Waals surface area contributed by atoms with Gasteiger partial charge in [-0.1, -0.05) is 0 Å². The van der Waals surface area contributed by atoms with E-state index >= 15 is 0 Å².